The molecule has 0 aliphatic carbocycles. The Balaban J connectivity index is 1.31. The van der Waals surface area contributed by atoms with Crippen LogP contribution < -0.4 is 0 Å². The van der Waals surface area contributed by atoms with Crippen LogP contribution in [0.5, 0.6) is 0 Å². The molecule has 4 aromatic carbocycles. The van der Waals surface area contributed by atoms with Gasteiger partial charge < -0.3 is 0 Å². The molecule has 5 heterocycles. The Morgan fingerprint density at radius 1 is 0.674 bits per heavy atom. The number of fused-ring (bicyclic) bond motifs is 7. The highest BCUT2D eigenvalue weighted by Gasteiger charge is 2.22. The van der Waals surface area contributed by atoms with Crippen molar-refractivity contribution in [3.8, 4) is 22.4 Å². The molecule has 0 bridgehead atoms. The summed E-state index contributed by atoms with van der Waals surface area (Å²) in [4.78, 5) is 15.8. The molecule has 9 rings (SSSR count). The molecule has 5 heteroatoms. The van der Waals surface area contributed by atoms with Crippen molar-refractivity contribution in [2.24, 2.45) is 10.9 Å². The maximum atomic E-state index is 5.28. The van der Waals surface area contributed by atoms with E-state index in [1.165, 1.54) is 53.2 Å². The zero-order valence-corrected chi connectivity index (χ0v) is 24.3. The van der Waals surface area contributed by atoms with E-state index in [1.807, 2.05) is 12.4 Å². The number of pyridine rings is 2. The van der Waals surface area contributed by atoms with Crippen molar-refractivity contribution in [1.29, 1.82) is 0 Å². The van der Waals surface area contributed by atoms with Crippen LogP contribution in [0.2, 0.25) is 0 Å². The zero-order chi connectivity index (χ0) is 28.5. The second-order valence-electron chi connectivity index (χ2n) is 11.3. The fourth-order valence-electron chi connectivity index (χ4n) is 6.75. The minimum absolute atomic E-state index is 0.210. The first-order chi connectivity index (χ1) is 21.2. The molecular weight excluding hydrogens is 545 g/mol. The smallest absolute Gasteiger partial charge is 0.138 e. The molecule has 0 fully saturated rings. The molecular formula is C38H26N4S. The number of allylic oxidation sites excluding steroid dienone is 1. The van der Waals surface area contributed by atoms with Crippen LogP contribution in [0.4, 0.5) is 0 Å². The van der Waals surface area contributed by atoms with Gasteiger partial charge in [0.2, 0.25) is 0 Å². The second-order valence-corrected chi connectivity index (χ2v) is 12.4. The number of hydrogen-bond acceptors (Lipinski definition) is 4. The van der Waals surface area contributed by atoms with E-state index in [9.17, 15) is 0 Å². The number of nitrogens with zero attached hydrogens (tertiary/aromatic N) is 4. The summed E-state index contributed by atoms with van der Waals surface area (Å²) in [6, 6.07) is 36.9. The monoisotopic (exact) mass is 570 g/mol. The van der Waals surface area contributed by atoms with Crippen LogP contribution in [0.25, 0.3) is 70.0 Å². The highest BCUT2D eigenvalue weighted by Crippen LogP contribution is 2.44. The lowest BCUT2D eigenvalue weighted by atomic mass is 9.87. The predicted molar refractivity (Wildman–Crippen MR) is 181 cm³/mol. The van der Waals surface area contributed by atoms with Crippen LogP contribution in [-0.4, -0.2) is 20.6 Å². The molecule has 1 aliphatic heterocycles. The number of rotatable bonds is 3. The predicted octanol–water partition coefficient (Wildman–Crippen LogP) is 10.1. The van der Waals surface area contributed by atoms with Gasteiger partial charge in [-0.25, -0.2) is 4.98 Å². The van der Waals surface area contributed by atoms with Gasteiger partial charge >= 0.3 is 0 Å². The number of thiophene rings is 1. The maximum Gasteiger partial charge on any atom is 0.138 e. The Hall–Kier alpha value is -5.13. The zero-order valence-electron chi connectivity index (χ0n) is 23.5. The van der Waals surface area contributed by atoms with Crippen LogP contribution in [0.15, 0.2) is 127 Å². The third-order valence-electron chi connectivity index (χ3n) is 8.78. The average Bonchev–Trinajstić information content (AvgIpc) is 3.60. The molecule has 0 amide bonds. The van der Waals surface area contributed by atoms with Gasteiger partial charge in [-0.3, -0.25) is 14.4 Å². The van der Waals surface area contributed by atoms with Crippen molar-refractivity contribution in [3.63, 3.8) is 0 Å². The lowest BCUT2D eigenvalue weighted by molar-refractivity contribution is 0.664. The minimum Gasteiger partial charge on any atom is -0.290 e. The van der Waals surface area contributed by atoms with Crippen LogP contribution in [0.3, 0.4) is 0 Å². The Morgan fingerprint density at radius 2 is 1.37 bits per heavy atom. The summed E-state index contributed by atoms with van der Waals surface area (Å²) >= 11 is 1.80. The molecule has 2 unspecified atom stereocenters. The van der Waals surface area contributed by atoms with Gasteiger partial charge in [-0.15, -0.1) is 11.3 Å². The summed E-state index contributed by atoms with van der Waals surface area (Å²) in [7, 11) is 0. The lowest BCUT2D eigenvalue weighted by Crippen LogP contribution is -2.13. The molecule has 0 spiro atoms. The van der Waals surface area contributed by atoms with Crippen molar-refractivity contribution in [2.75, 3.05) is 0 Å². The summed E-state index contributed by atoms with van der Waals surface area (Å²) in [5.41, 5.74) is 7.69. The number of imidazole rings is 1. The SMILES string of the molecule is CC1C=NC=CC1c1cccc(-c2c3ccccc3c(-c3ccc4nc5c6ccccc6sc5n4c3)c3ccccc23)n1. The lowest BCUT2D eigenvalue weighted by Gasteiger charge is -2.21. The molecule has 43 heavy (non-hydrogen) atoms. The molecule has 0 saturated heterocycles. The van der Waals surface area contributed by atoms with Crippen molar-refractivity contribution in [3.05, 3.63) is 127 Å². The van der Waals surface area contributed by atoms with Gasteiger partial charge in [0.05, 0.1) is 5.69 Å². The van der Waals surface area contributed by atoms with Crippen LogP contribution in [-0.2, 0) is 0 Å². The van der Waals surface area contributed by atoms with Crippen molar-refractivity contribution >= 4 is 65.2 Å². The van der Waals surface area contributed by atoms with E-state index >= 15 is 0 Å². The van der Waals surface area contributed by atoms with E-state index in [0.29, 0.717) is 5.92 Å². The van der Waals surface area contributed by atoms with Crippen LogP contribution in [0, 0.1) is 5.92 Å². The molecule has 0 N–H and O–H groups in total. The Bertz CT molecular complexity index is 2390. The average molecular weight is 571 g/mol. The van der Waals surface area contributed by atoms with Crippen molar-refractivity contribution < 1.29 is 0 Å². The number of hydrogen-bond donors (Lipinski definition) is 0. The van der Waals surface area contributed by atoms with E-state index in [1.54, 1.807) is 11.3 Å². The van der Waals surface area contributed by atoms with Crippen molar-refractivity contribution in [1.82, 2.24) is 14.4 Å². The van der Waals surface area contributed by atoms with Gasteiger partial charge in [-0.2, -0.15) is 0 Å². The molecule has 2 atom stereocenters. The van der Waals surface area contributed by atoms with Gasteiger partial charge in [-0.1, -0.05) is 85.8 Å². The second kappa shape index (κ2) is 9.45. The first-order valence-electron chi connectivity index (χ1n) is 14.6. The summed E-state index contributed by atoms with van der Waals surface area (Å²) in [5.74, 6) is 0.510. The molecule has 4 aromatic heterocycles. The highest BCUT2D eigenvalue weighted by molar-refractivity contribution is 7.25. The van der Waals surface area contributed by atoms with Crippen LogP contribution >= 0.6 is 11.3 Å². The maximum absolute atomic E-state index is 5.28. The summed E-state index contributed by atoms with van der Waals surface area (Å²) in [5, 5.41) is 6.05. The molecule has 204 valence electrons. The standard InChI is InChI=1S/C38H26N4S/c1-23-21-39-20-19-25(23)31-14-8-15-32(40-31)36-28-11-4-2-9-26(28)35(27-10-3-5-12-29(27)36)24-17-18-34-41-37-30-13-6-7-16-33(30)43-38(37)42(34)22-24/h2-23,25H,1H3. The molecule has 1 aliphatic rings. The van der Waals surface area contributed by atoms with E-state index in [4.69, 9.17) is 9.97 Å². The molecule has 4 nitrogen and oxygen atoms in total. The molecule has 8 aromatic rings. The van der Waals surface area contributed by atoms with E-state index < -0.39 is 0 Å². The largest absolute Gasteiger partial charge is 0.290 e. The first-order valence-corrected chi connectivity index (χ1v) is 15.5. The first kappa shape index (κ1) is 24.5. The fraction of sp³-hybridized carbons (Fsp3) is 0.0789. The number of aliphatic imine (C=N–C) groups is 1. The van der Waals surface area contributed by atoms with E-state index in [0.717, 1.165) is 22.6 Å². The molecule has 0 saturated carbocycles. The highest BCUT2D eigenvalue weighted by atomic mass is 32.1. The minimum atomic E-state index is 0.210. The fourth-order valence-corrected chi connectivity index (χ4v) is 7.88. The van der Waals surface area contributed by atoms with Gasteiger partial charge in [0.15, 0.2) is 0 Å². The molecule has 0 radical (unpaired) electrons. The van der Waals surface area contributed by atoms with Crippen molar-refractivity contribution in [2.45, 2.75) is 12.8 Å². The third kappa shape index (κ3) is 3.71. The van der Waals surface area contributed by atoms with E-state index in [-0.39, 0.29) is 5.92 Å². The Morgan fingerprint density at radius 3 is 2.12 bits per heavy atom. The van der Waals surface area contributed by atoms with Gasteiger partial charge in [0, 0.05) is 51.8 Å². The quantitative estimate of drug-likeness (QED) is 0.198. The van der Waals surface area contributed by atoms with Gasteiger partial charge in [-0.05, 0) is 63.0 Å². The number of benzene rings is 4. The summed E-state index contributed by atoms with van der Waals surface area (Å²) < 4.78 is 3.53. The Labute approximate surface area is 252 Å². The third-order valence-corrected chi connectivity index (χ3v) is 9.94. The summed E-state index contributed by atoms with van der Waals surface area (Å²) in [6.45, 7) is 2.20. The normalized spacial score (nSPS) is 16.8. The Kier molecular flexibility index (Phi) is 5.37. The van der Waals surface area contributed by atoms with E-state index in [2.05, 4.69) is 132 Å². The van der Waals surface area contributed by atoms with Gasteiger partial charge in [0.1, 0.15) is 16.0 Å². The number of aromatic nitrogens is 3. The van der Waals surface area contributed by atoms with Crippen LogP contribution in [0.1, 0.15) is 18.5 Å². The summed E-state index contributed by atoms with van der Waals surface area (Å²) in [6.07, 6.45) is 8.34. The topological polar surface area (TPSA) is 42.5 Å². The van der Waals surface area contributed by atoms with Gasteiger partial charge in [0.25, 0.3) is 0 Å².